The number of amides is 3. The first kappa shape index (κ1) is 25.1. The Hall–Kier alpha value is -4.20. The molecule has 2 aromatic carbocycles. The minimum atomic E-state index is -0.664. The smallest absolute Gasteiger partial charge is 0.244 e. The molecule has 3 heterocycles. The van der Waals surface area contributed by atoms with E-state index in [-0.39, 0.29) is 30.3 Å². The molecule has 2 aliphatic heterocycles. The van der Waals surface area contributed by atoms with Crippen molar-refractivity contribution in [3.8, 4) is 5.75 Å². The van der Waals surface area contributed by atoms with Gasteiger partial charge in [0.2, 0.25) is 17.7 Å². The molecule has 2 unspecified atom stereocenters. The van der Waals surface area contributed by atoms with E-state index in [4.69, 9.17) is 4.74 Å². The van der Waals surface area contributed by atoms with E-state index in [1.807, 2.05) is 68.4 Å². The minimum Gasteiger partial charge on any atom is -0.496 e. The zero-order chi connectivity index (χ0) is 27.4. The van der Waals surface area contributed by atoms with Crippen LogP contribution in [0.25, 0.3) is 0 Å². The highest BCUT2D eigenvalue weighted by Gasteiger charge is 2.51. The van der Waals surface area contributed by atoms with Crippen LogP contribution in [0.3, 0.4) is 0 Å². The molecule has 3 amide bonds. The largest absolute Gasteiger partial charge is 0.496 e. The number of fused-ring (bicyclic) bond motifs is 3. The Kier molecular flexibility index (Phi) is 5.93. The van der Waals surface area contributed by atoms with Gasteiger partial charge in [-0.1, -0.05) is 44.2 Å². The second-order valence-electron chi connectivity index (χ2n) is 11.4. The number of anilines is 2. The summed E-state index contributed by atoms with van der Waals surface area (Å²) in [5, 5.41) is 5.93. The highest BCUT2D eigenvalue weighted by atomic mass is 16.5. The summed E-state index contributed by atoms with van der Waals surface area (Å²) in [6.45, 7) is 3.80. The number of methoxy groups -OCH3 is 1. The number of ether oxygens (including phenoxy) is 1. The van der Waals surface area contributed by atoms with Crippen molar-refractivity contribution < 1.29 is 19.1 Å². The lowest BCUT2D eigenvalue weighted by Gasteiger charge is -2.43. The molecule has 1 spiro atoms. The number of nitrogens with zero attached hydrogens (tertiary/aromatic N) is 2. The topological polar surface area (TPSA) is 101 Å². The number of rotatable bonds is 5. The van der Waals surface area contributed by atoms with Crippen LogP contribution in [0.2, 0.25) is 0 Å². The summed E-state index contributed by atoms with van der Waals surface area (Å²) in [5.41, 5.74) is 3.38. The van der Waals surface area contributed by atoms with Crippen LogP contribution in [0, 0.1) is 5.41 Å². The number of carbonyl (C=O) groups excluding carboxylic acids is 3. The summed E-state index contributed by atoms with van der Waals surface area (Å²) in [7, 11) is 1.62. The van der Waals surface area contributed by atoms with Gasteiger partial charge in [0.25, 0.3) is 0 Å². The van der Waals surface area contributed by atoms with Crippen molar-refractivity contribution in [1.82, 2.24) is 9.88 Å². The van der Waals surface area contributed by atoms with Gasteiger partial charge in [-0.2, -0.15) is 0 Å². The van der Waals surface area contributed by atoms with E-state index in [1.165, 1.54) is 0 Å². The predicted octanol–water partition coefficient (Wildman–Crippen LogP) is 4.41. The number of pyridine rings is 1. The van der Waals surface area contributed by atoms with E-state index in [0.717, 1.165) is 35.1 Å². The highest BCUT2D eigenvalue weighted by Crippen LogP contribution is 2.47. The van der Waals surface area contributed by atoms with Crippen molar-refractivity contribution >= 4 is 29.2 Å². The average Bonchev–Trinajstić information content (AvgIpc) is 3.44. The molecule has 1 aliphatic carbocycles. The van der Waals surface area contributed by atoms with Crippen molar-refractivity contribution in [2.75, 3.05) is 24.3 Å². The number of para-hydroxylation sites is 1. The van der Waals surface area contributed by atoms with Crippen molar-refractivity contribution in [3.63, 3.8) is 0 Å². The summed E-state index contributed by atoms with van der Waals surface area (Å²) >= 11 is 0. The first-order valence-corrected chi connectivity index (χ1v) is 13.3. The van der Waals surface area contributed by atoms with Crippen LogP contribution in [0.15, 0.2) is 60.8 Å². The first-order valence-electron chi connectivity index (χ1n) is 13.3. The van der Waals surface area contributed by atoms with Gasteiger partial charge in [-0.3, -0.25) is 14.4 Å². The molecule has 0 radical (unpaired) electrons. The number of piperidine rings is 1. The Morgan fingerprint density at radius 3 is 2.72 bits per heavy atom. The maximum absolute atomic E-state index is 13.5. The van der Waals surface area contributed by atoms with Crippen molar-refractivity contribution in [2.24, 2.45) is 5.41 Å². The fourth-order valence-corrected chi connectivity index (χ4v) is 6.44. The number of nitrogens with one attached hydrogen (secondary N) is 2. The molecule has 8 heteroatoms. The SMILES string of the molecule is COc1ccccc1C1CCC(C)(C)C(=O)N1CC(=O)Nc1ccc2c(c1)CC1(C2)C(=O)Nc2ncccc21. The van der Waals surface area contributed by atoms with Gasteiger partial charge >= 0.3 is 0 Å². The van der Waals surface area contributed by atoms with E-state index in [1.54, 1.807) is 18.2 Å². The van der Waals surface area contributed by atoms with Crippen molar-refractivity contribution in [1.29, 1.82) is 0 Å². The average molecular weight is 525 g/mol. The van der Waals surface area contributed by atoms with Crippen LogP contribution in [0.4, 0.5) is 11.5 Å². The first-order chi connectivity index (χ1) is 18.7. The number of hydrogen-bond acceptors (Lipinski definition) is 5. The highest BCUT2D eigenvalue weighted by molar-refractivity contribution is 6.06. The van der Waals surface area contributed by atoms with Gasteiger partial charge in [-0.05, 0) is 61.1 Å². The van der Waals surface area contributed by atoms with Crippen LogP contribution < -0.4 is 15.4 Å². The molecule has 1 fully saturated rings. The lowest BCUT2D eigenvalue weighted by molar-refractivity contribution is -0.150. The van der Waals surface area contributed by atoms with Crippen molar-refractivity contribution in [3.05, 3.63) is 83.0 Å². The van der Waals surface area contributed by atoms with Crippen LogP contribution >= 0.6 is 0 Å². The molecule has 0 bridgehead atoms. The van der Waals surface area contributed by atoms with E-state index in [0.29, 0.717) is 30.1 Å². The predicted molar refractivity (Wildman–Crippen MR) is 147 cm³/mol. The Morgan fingerprint density at radius 1 is 1.10 bits per heavy atom. The summed E-state index contributed by atoms with van der Waals surface area (Å²) in [5.74, 6) is 0.992. The lowest BCUT2D eigenvalue weighted by Crippen LogP contribution is -2.50. The van der Waals surface area contributed by atoms with Gasteiger partial charge in [0.1, 0.15) is 18.1 Å². The van der Waals surface area contributed by atoms with Crippen LogP contribution in [-0.4, -0.2) is 41.3 Å². The van der Waals surface area contributed by atoms with Gasteiger partial charge < -0.3 is 20.3 Å². The standard InChI is InChI=1S/C31H32N4O4/c1-30(2)13-12-24(22-7-4-5-9-25(22)39-3)35(29(30)38)18-26(36)33-21-11-10-19-16-31(17-20(19)15-21)23-8-6-14-32-27(23)34-28(31)37/h4-11,14-15,24H,12-13,16-18H2,1-3H3,(H,33,36)(H,32,34,37). The normalized spacial score (nSPS) is 22.8. The van der Waals surface area contributed by atoms with Crippen molar-refractivity contribution in [2.45, 2.75) is 51.0 Å². The zero-order valence-corrected chi connectivity index (χ0v) is 22.4. The second kappa shape index (κ2) is 9.22. The Bertz CT molecular complexity index is 1500. The van der Waals surface area contributed by atoms with E-state index < -0.39 is 10.8 Å². The monoisotopic (exact) mass is 524 g/mol. The molecule has 0 saturated carbocycles. The fraction of sp³-hybridized carbons (Fsp3) is 0.355. The molecule has 2 N–H and O–H groups in total. The maximum atomic E-state index is 13.5. The molecule has 6 rings (SSSR count). The van der Waals surface area contributed by atoms with Crippen LogP contribution in [-0.2, 0) is 32.6 Å². The lowest BCUT2D eigenvalue weighted by atomic mass is 9.78. The molecule has 1 saturated heterocycles. The van der Waals surface area contributed by atoms with E-state index >= 15 is 0 Å². The Balaban J connectivity index is 1.22. The number of likely N-dealkylation sites (tertiary alicyclic amines) is 1. The molecule has 200 valence electrons. The third-order valence-corrected chi connectivity index (χ3v) is 8.54. The summed E-state index contributed by atoms with van der Waals surface area (Å²) in [6, 6.07) is 17.0. The van der Waals surface area contributed by atoms with Crippen LogP contribution in [0.5, 0.6) is 5.75 Å². The Morgan fingerprint density at radius 2 is 1.90 bits per heavy atom. The number of benzene rings is 2. The molecule has 3 aliphatic rings. The van der Waals surface area contributed by atoms with Gasteiger partial charge in [0, 0.05) is 28.4 Å². The fourth-order valence-electron chi connectivity index (χ4n) is 6.44. The minimum absolute atomic E-state index is 0.0356. The second-order valence-corrected chi connectivity index (χ2v) is 11.4. The molecule has 1 aromatic heterocycles. The molecular weight excluding hydrogens is 492 g/mol. The third kappa shape index (κ3) is 4.15. The summed E-state index contributed by atoms with van der Waals surface area (Å²) < 4.78 is 5.58. The van der Waals surface area contributed by atoms with Gasteiger partial charge in [-0.15, -0.1) is 0 Å². The maximum Gasteiger partial charge on any atom is 0.244 e. The van der Waals surface area contributed by atoms with Gasteiger partial charge in [0.05, 0.1) is 18.6 Å². The van der Waals surface area contributed by atoms with Crippen LogP contribution in [0.1, 0.15) is 55.0 Å². The van der Waals surface area contributed by atoms with E-state index in [2.05, 4.69) is 15.6 Å². The van der Waals surface area contributed by atoms with Gasteiger partial charge in [-0.25, -0.2) is 4.98 Å². The molecule has 8 nitrogen and oxygen atoms in total. The molecule has 3 aromatic rings. The molecule has 2 atom stereocenters. The summed E-state index contributed by atoms with van der Waals surface area (Å²) in [4.78, 5) is 45.9. The zero-order valence-electron chi connectivity index (χ0n) is 22.4. The third-order valence-electron chi connectivity index (χ3n) is 8.54. The van der Waals surface area contributed by atoms with Gasteiger partial charge in [0.15, 0.2) is 0 Å². The number of hydrogen-bond donors (Lipinski definition) is 2. The number of aromatic nitrogens is 1. The van der Waals surface area contributed by atoms with E-state index in [9.17, 15) is 14.4 Å². The molecular formula is C31H32N4O4. The summed E-state index contributed by atoms with van der Waals surface area (Å²) in [6.07, 6.45) is 4.29. The molecule has 39 heavy (non-hydrogen) atoms. The Labute approximate surface area is 227 Å². The number of carbonyl (C=O) groups is 3. The quantitative estimate of drug-likeness (QED) is 0.515.